The molecule has 0 saturated carbocycles. The van der Waals surface area contributed by atoms with Crippen molar-refractivity contribution in [2.24, 2.45) is 0 Å². The molecule has 160 valence electrons. The summed E-state index contributed by atoms with van der Waals surface area (Å²) in [6.45, 7) is 3.71. The Balaban J connectivity index is 1.77. The van der Waals surface area contributed by atoms with Gasteiger partial charge in [0.15, 0.2) is 0 Å². The second-order valence-corrected chi connectivity index (χ2v) is 8.92. The van der Waals surface area contributed by atoms with E-state index in [1.165, 1.54) is 16.4 Å². The van der Waals surface area contributed by atoms with Crippen LogP contribution >= 0.6 is 0 Å². The van der Waals surface area contributed by atoms with Crippen LogP contribution in [-0.2, 0) is 28.5 Å². The van der Waals surface area contributed by atoms with Gasteiger partial charge in [0.05, 0.1) is 5.75 Å². The monoisotopic (exact) mass is 439 g/mol. The molecule has 0 bridgehead atoms. The molecule has 3 rings (SSSR count). The van der Waals surface area contributed by atoms with Gasteiger partial charge in [-0.25, -0.2) is 8.42 Å². The van der Waals surface area contributed by atoms with E-state index in [1.54, 1.807) is 50.2 Å². The first-order chi connectivity index (χ1) is 14.1. The first kappa shape index (κ1) is 22.0. The Morgan fingerprint density at radius 3 is 2.17 bits per heavy atom. The molecule has 0 fully saturated rings. The van der Waals surface area contributed by atoms with Crippen LogP contribution in [0.2, 0.25) is 0 Å². The van der Waals surface area contributed by atoms with Gasteiger partial charge in [-0.2, -0.15) is 22.5 Å². The maximum Gasteiger partial charge on any atom is 0.471 e. The van der Waals surface area contributed by atoms with Gasteiger partial charge in [-0.05, 0) is 25.0 Å². The molecule has 1 aromatic heterocycles. The van der Waals surface area contributed by atoms with Gasteiger partial charge in [0, 0.05) is 18.2 Å². The second kappa shape index (κ2) is 8.57. The average molecular weight is 439 g/mol. The molecule has 0 N–H and O–H groups in total. The summed E-state index contributed by atoms with van der Waals surface area (Å²) in [5.74, 6) is -1.72. The molecule has 0 radical (unpaired) electrons. The highest BCUT2D eigenvalue weighted by Gasteiger charge is 2.38. The fourth-order valence-corrected chi connectivity index (χ4v) is 4.63. The number of benzene rings is 2. The summed E-state index contributed by atoms with van der Waals surface area (Å²) in [6.07, 6.45) is -4.71. The number of aromatic nitrogens is 2. The Hall–Kier alpha value is -2.72. The predicted molar refractivity (Wildman–Crippen MR) is 104 cm³/mol. The summed E-state index contributed by atoms with van der Waals surface area (Å²) in [4.78, 5) is 3.35. The highest BCUT2D eigenvalue weighted by Crippen LogP contribution is 2.29. The summed E-state index contributed by atoms with van der Waals surface area (Å²) in [5.41, 5.74) is 1.71. The van der Waals surface area contributed by atoms with Crippen LogP contribution in [-0.4, -0.2) is 28.9 Å². The fourth-order valence-electron chi connectivity index (χ4n) is 2.86. The summed E-state index contributed by atoms with van der Waals surface area (Å²) >= 11 is 0. The Morgan fingerprint density at radius 1 is 1.00 bits per heavy atom. The van der Waals surface area contributed by atoms with Crippen LogP contribution in [0.5, 0.6) is 0 Å². The highest BCUT2D eigenvalue weighted by molar-refractivity contribution is 7.88. The standard InChI is InChI=1S/C20H20F3N3O3S/c1-14(2)26(30(27,28)13-16-6-4-3-5-7-16)12-15-8-10-17(11-9-15)18-24-19(29-25-18)20(21,22)23/h3-11,14H,12-13H2,1-2H3. The first-order valence-corrected chi connectivity index (χ1v) is 10.7. The van der Waals surface area contributed by atoms with E-state index in [9.17, 15) is 21.6 Å². The van der Waals surface area contributed by atoms with Crippen LogP contribution < -0.4 is 0 Å². The molecule has 6 nitrogen and oxygen atoms in total. The Bertz CT molecular complexity index is 1080. The van der Waals surface area contributed by atoms with Crippen LogP contribution in [0.15, 0.2) is 59.1 Å². The van der Waals surface area contributed by atoms with Crippen molar-refractivity contribution >= 4 is 10.0 Å². The molecule has 30 heavy (non-hydrogen) atoms. The maximum atomic E-state index is 12.9. The molecule has 0 aliphatic heterocycles. The smallest absolute Gasteiger partial charge is 0.329 e. The fraction of sp³-hybridized carbons (Fsp3) is 0.300. The number of halogens is 3. The van der Waals surface area contributed by atoms with Crippen molar-refractivity contribution in [3.8, 4) is 11.4 Å². The third kappa shape index (κ3) is 5.25. The lowest BCUT2D eigenvalue weighted by Crippen LogP contribution is -2.37. The minimum Gasteiger partial charge on any atom is -0.329 e. The molecule has 0 aliphatic rings. The summed E-state index contributed by atoms with van der Waals surface area (Å²) < 4.78 is 69.3. The normalized spacial score (nSPS) is 12.6. The third-order valence-corrected chi connectivity index (χ3v) is 6.31. The van der Waals surface area contributed by atoms with Gasteiger partial charge in [-0.15, -0.1) is 0 Å². The molecular formula is C20H20F3N3O3S. The largest absolute Gasteiger partial charge is 0.471 e. The van der Waals surface area contributed by atoms with E-state index in [4.69, 9.17) is 0 Å². The van der Waals surface area contributed by atoms with Crippen molar-refractivity contribution in [2.75, 3.05) is 0 Å². The Labute approximate surface area is 172 Å². The van der Waals surface area contributed by atoms with Crippen LogP contribution in [0, 0.1) is 0 Å². The van der Waals surface area contributed by atoms with Crippen molar-refractivity contribution in [1.29, 1.82) is 0 Å². The average Bonchev–Trinajstić information content (AvgIpc) is 3.17. The van der Waals surface area contributed by atoms with Crippen molar-refractivity contribution in [3.63, 3.8) is 0 Å². The molecular weight excluding hydrogens is 419 g/mol. The lowest BCUT2D eigenvalue weighted by molar-refractivity contribution is -0.159. The number of hydrogen-bond donors (Lipinski definition) is 0. The minimum atomic E-state index is -4.71. The summed E-state index contributed by atoms with van der Waals surface area (Å²) in [5, 5.41) is 3.35. The third-order valence-electron chi connectivity index (χ3n) is 4.34. The van der Waals surface area contributed by atoms with E-state index in [2.05, 4.69) is 14.7 Å². The van der Waals surface area contributed by atoms with Gasteiger partial charge in [-0.1, -0.05) is 59.8 Å². The second-order valence-electron chi connectivity index (χ2n) is 7.00. The van der Waals surface area contributed by atoms with Crippen molar-refractivity contribution in [2.45, 2.75) is 38.4 Å². The molecule has 0 saturated heterocycles. The number of nitrogens with zero attached hydrogens (tertiary/aromatic N) is 3. The van der Waals surface area contributed by atoms with Crippen molar-refractivity contribution in [3.05, 3.63) is 71.6 Å². The molecule has 0 spiro atoms. The minimum absolute atomic E-state index is 0.118. The predicted octanol–water partition coefficient (Wildman–Crippen LogP) is 4.50. The Morgan fingerprint density at radius 2 is 1.63 bits per heavy atom. The van der Waals surface area contributed by atoms with Gasteiger partial charge < -0.3 is 4.52 Å². The molecule has 0 amide bonds. The first-order valence-electron chi connectivity index (χ1n) is 9.10. The molecule has 0 aliphatic carbocycles. The van der Waals surface area contributed by atoms with E-state index in [-0.39, 0.29) is 24.2 Å². The van der Waals surface area contributed by atoms with E-state index < -0.39 is 22.1 Å². The summed E-state index contributed by atoms with van der Waals surface area (Å²) in [7, 11) is -3.58. The quantitative estimate of drug-likeness (QED) is 0.542. The number of rotatable bonds is 7. The lowest BCUT2D eigenvalue weighted by atomic mass is 10.1. The molecule has 0 unspecified atom stereocenters. The lowest BCUT2D eigenvalue weighted by Gasteiger charge is -2.26. The zero-order valence-electron chi connectivity index (χ0n) is 16.3. The van der Waals surface area contributed by atoms with E-state index in [0.29, 0.717) is 16.7 Å². The topological polar surface area (TPSA) is 76.3 Å². The number of hydrogen-bond acceptors (Lipinski definition) is 5. The summed E-state index contributed by atoms with van der Waals surface area (Å²) in [6, 6.07) is 14.9. The van der Waals surface area contributed by atoms with Gasteiger partial charge in [0.2, 0.25) is 15.8 Å². The van der Waals surface area contributed by atoms with Crippen LogP contribution in [0.4, 0.5) is 13.2 Å². The number of alkyl halides is 3. The molecule has 2 aromatic carbocycles. The van der Waals surface area contributed by atoms with Crippen molar-refractivity contribution in [1.82, 2.24) is 14.4 Å². The van der Waals surface area contributed by atoms with Crippen molar-refractivity contribution < 1.29 is 26.1 Å². The van der Waals surface area contributed by atoms with E-state index in [0.717, 1.165) is 0 Å². The molecule has 1 heterocycles. The van der Waals surface area contributed by atoms with E-state index in [1.807, 2.05) is 6.07 Å². The number of sulfonamides is 1. The maximum absolute atomic E-state index is 12.9. The zero-order chi connectivity index (χ0) is 21.9. The van der Waals surface area contributed by atoms with Gasteiger partial charge in [0.1, 0.15) is 0 Å². The SMILES string of the molecule is CC(C)N(Cc1ccc(-c2noc(C(F)(F)F)n2)cc1)S(=O)(=O)Cc1ccccc1. The van der Waals surface area contributed by atoms with E-state index >= 15 is 0 Å². The van der Waals surface area contributed by atoms with Crippen LogP contribution in [0.1, 0.15) is 30.9 Å². The molecule has 0 atom stereocenters. The van der Waals surface area contributed by atoms with Gasteiger partial charge >= 0.3 is 12.1 Å². The van der Waals surface area contributed by atoms with Crippen LogP contribution in [0.25, 0.3) is 11.4 Å². The highest BCUT2D eigenvalue weighted by atomic mass is 32.2. The molecule has 10 heteroatoms. The van der Waals surface area contributed by atoms with Gasteiger partial charge in [0.25, 0.3) is 0 Å². The Kier molecular flexibility index (Phi) is 6.27. The zero-order valence-corrected chi connectivity index (χ0v) is 17.1. The molecule has 3 aromatic rings. The van der Waals surface area contributed by atoms with Crippen LogP contribution in [0.3, 0.4) is 0 Å². The van der Waals surface area contributed by atoms with Gasteiger partial charge in [-0.3, -0.25) is 0 Å².